The van der Waals surface area contributed by atoms with Crippen LogP contribution in [0.3, 0.4) is 0 Å². The molecule has 1 heterocycles. The summed E-state index contributed by atoms with van der Waals surface area (Å²) in [6.07, 6.45) is 6.90. The van der Waals surface area contributed by atoms with Gasteiger partial charge in [0.1, 0.15) is 0 Å². The van der Waals surface area contributed by atoms with Crippen molar-refractivity contribution in [1.29, 1.82) is 0 Å². The number of rotatable bonds is 6. The second-order valence-electron chi connectivity index (χ2n) is 4.89. The summed E-state index contributed by atoms with van der Waals surface area (Å²) in [6, 6.07) is 0. The molecule has 0 aromatic heterocycles. The van der Waals surface area contributed by atoms with Gasteiger partial charge in [0.15, 0.2) is 0 Å². The number of ether oxygens (including phenoxy) is 2. The zero-order chi connectivity index (χ0) is 10.6. The van der Waals surface area contributed by atoms with Crippen LogP contribution in [0.5, 0.6) is 0 Å². The van der Waals surface area contributed by atoms with Gasteiger partial charge in [0.2, 0.25) is 0 Å². The fourth-order valence-corrected chi connectivity index (χ4v) is 3.03. The van der Waals surface area contributed by atoms with Crippen molar-refractivity contribution in [2.24, 2.45) is 5.41 Å². The van der Waals surface area contributed by atoms with Crippen LogP contribution < -0.4 is 5.32 Å². The van der Waals surface area contributed by atoms with Gasteiger partial charge in [0.05, 0.1) is 6.10 Å². The van der Waals surface area contributed by atoms with Gasteiger partial charge in [-0.3, -0.25) is 0 Å². The molecule has 0 aromatic rings. The lowest BCUT2D eigenvalue weighted by Crippen LogP contribution is -2.37. The number of methoxy groups -OCH3 is 1. The monoisotopic (exact) mass is 213 g/mol. The molecule has 2 atom stereocenters. The van der Waals surface area contributed by atoms with Crippen molar-refractivity contribution >= 4 is 0 Å². The molecule has 0 spiro atoms. The molecule has 3 nitrogen and oxygen atoms in total. The Bertz CT molecular complexity index is 186. The van der Waals surface area contributed by atoms with E-state index >= 15 is 0 Å². The molecule has 0 bridgehead atoms. The molecule has 1 N–H and O–H groups in total. The summed E-state index contributed by atoms with van der Waals surface area (Å²) in [5.41, 5.74) is 0.479. The summed E-state index contributed by atoms with van der Waals surface area (Å²) < 4.78 is 10.8. The molecule has 2 rings (SSSR count). The van der Waals surface area contributed by atoms with Crippen LogP contribution in [-0.4, -0.2) is 39.5 Å². The van der Waals surface area contributed by atoms with Crippen LogP contribution in [0.15, 0.2) is 0 Å². The van der Waals surface area contributed by atoms with Crippen LogP contribution in [0.2, 0.25) is 0 Å². The zero-order valence-corrected chi connectivity index (χ0v) is 9.76. The molecule has 3 heteroatoms. The molecule has 15 heavy (non-hydrogen) atoms. The van der Waals surface area contributed by atoms with Gasteiger partial charge >= 0.3 is 0 Å². The van der Waals surface area contributed by atoms with Crippen molar-refractivity contribution in [2.45, 2.75) is 38.2 Å². The van der Waals surface area contributed by atoms with E-state index in [0.29, 0.717) is 11.5 Å². The minimum absolute atomic E-state index is 0.479. The van der Waals surface area contributed by atoms with E-state index in [2.05, 4.69) is 5.32 Å². The van der Waals surface area contributed by atoms with Crippen molar-refractivity contribution in [3.8, 4) is 0 Å². The van der Waals surface area contributed by atoms with E-state index in [1.165, 1.54) is 25.7 Å². The van der Waals surface area contributed by atoms with E-state index in [4.69, 9.17) is 9.47 Å². The van der Waals surface area contributed by atoms with Crippen LogP contribution >= 0.6 is 0 Å². The Hall–Kier alpha value is -0.120. The molecule has 0 amide bonds. The van der Waals surface area contributed by atoms with Crippen molar-refractivity contribution in [2.75, 3.05) is 33.4 Å². The van der Waals surface area contributed by atoms with E-state index < -0.39 is 0 Å². The number of nitrogens with one attached hydrogen (secondary N) is 1. The van der Waals surface area contributed by atoms with E-state index in [1.54, 1.807) is 7.11 Å². The zero-order valence-electron chi connectivity index (χ0n) is 9.76. The highest BCUT2D eigenvalue weighted by Gasteiger charge is 2.46. The third kappa shape index (κ3) is 2.52. The fourth-order valence-electron chi connectivity index (χ4n) is 3.03. The van der Waals surface area contributed by atoms with E-state index in [1.807, 2.05) is 0 Å². The maximum atomic E-state index is 5.79. The van der Waals surface area contributed by atoms with Gasteiger partial charge in [-0.2, -0.15) is 0 Å². The summed E-state index contributed by atoms with van der Waals surface area (Å²) in [7, 11) is 1.76. The Morgan fingerprint density at radius 1 is 1.47 bits per heavy atom. The van der Waals surface area contributed by atoms with Gasteiger partial charge in [-0.15, -0.1) is 0 Å². The second-order valence-corrected chi connectivity index (χ2v) is 4.89. The molecule has 0 radical (unpaired) electrons. The molecule has 88 valence electrons. The topological polar surface area (TPSA) is 30.5 Å². The second kappa shape index (κ2) is 5.28. The standard InChI is InChI=1S/C12H23NO2/c1-14-8-3-7-13-10-12-5-2-4-11(12)15-9-6-12/h11,13H,2-10H2,1H3/t11-,12-/m1/s1. The van der Waals surface area contributed by atoms with Gasteiger partial charge in [-0.1, -0.05) is 6.42 Å². The molecule has 2 fully saturated rings. The van der Waals surface area contributed by atoms with Crippen LogP contribution in [0.1, 0.15) is 32.1 Å². The van der Waals surface area contributed by atoms with Gasteiger partial charge in [0, 0.05) is 32.3 Å². The maximum absolute atomic E-state index is 5.79. The quantitative estimate of drug-likeness (QED) is 0.679. The minimum atomic E-state index is 0.479. The summed E-state index contributed by atoms with van der Waals surface area (Å²) in [5.74, 6) is 0. The van der Waals surface area contributed by atoms with Gasteiger partial charge < -0.3 is 14.8 Å². The van der Waals surface area contributed by atoms with Gasteiger partial charge in [-0.05, 0) is 32.2 Å². The lowest BCUT2D eigenvalue weighted by atomic mass is 9.83. The molecule has 1 aliphatic carbocycles. The summed E-state index contributed by atoms with van der Waals surface area (Å²) in [4.78, 5) is 0. The van der Waals surface area contributed by atoms with Crippen molar-refractivity contribution in [3.05, 3.63) is 0 Å². The van der Waals surface area contributed by atoms with Crippen LogP contribution in [0, 0.1) is 5.41 Å². The average molecular weight is 213 g/mol. The van der Waals surface area contributed by atoms with Crippen LogP contribution in [0.25, 0.3) is 0 Å². The van der Waals surface area contributed by atoms with E-state index in [-0.39, 0.29) is 0 Å². The lowest BCUT2D eigenvalue weighted by molar-refractivity contribution is 0.0697. The SMILES string of the molecule is COCCCNC[C@]12CCC[C@H]1OCC2. The summed E-state index contributed by atoms with van der Waals surface area (Å²) in [5, 5.41) is 3.56. The van der Waals surface area contributed by atoms with E-state index in [0.717, 1.165) is 32.7 Å². The summed E-state index contributed by atoms with van der Waals surface area (Å²) >= 11 is 0. The third-order valence-electron chi connectivity index (χ3n) is 3.92. The third-order valence-corrected chi connectivity index (χ3v) is 3.92. The Balaban J connectivity index is 1.68. The average Bonchev–Trinajstić information content (AvgIpc) is 2.76. The van der Waals surface area contributed by atoms with Gasteiger partial charge in [0.25, 0.3) is 0 Å². The minimum Gasteiger partial charge on any atom is -0.385 e. The highest BCUT2D eigenvalue weighted by Crippen LogP contribution is 2.46. The number of hydrogen-bond acceptors (Lipinski definition) is 3. The first-order chi connectivity index (χ1) is 7.37. The molecule has 0 unspecified atom stereocenters. The highest BCUT2D eigenvalue weighted by molar-refractivity contribution is 4.97. The Morgan fingerprint density at radius 2 is 2.40 bits per heavy atom. The predicted molar refractivity (Wildman–Crippen MR) is 60.0 cm³/mol. The summed E-state index contributed by atoms with van der Waals surface area (Å²) in [6.45, 7) is 4.05. The number of fused-ring (bicyclic) bond motifs is 1. The number of hydrogen-bond donors (Lipinski definition) is 1. The van der Waals surface area contributed by atoms with Crippen molar-refractivity contribution in [3.63, 3.8) is 0 Å². The van der Waals surface area contributed by atoms with Crippen LogP contribution in [0.4, 0.5) is 0 Å². The lowest BCUT2D eigenvalue weighted by Gasteiger charge is -2.27. The van der Waals surface area contributed by atoms with Crippen LogP contribution in [-0.2, 0) is 9.47 Å². The first-order valence-electron chi connectivity index (χ1n) is 6.19. The van der Waals surface area contributed by atoms with Crippen molar-refractivity contribution in [1.82, 2.24) is 5.32 Å². The Labute approximate surface area is 92.5 Å². The molecule has 1 aliphatic heterocycles. The molecule has 1 saturated carbocycles. The Morgan fingerprint density at radius 3 is 3.27 bits per heavy atom. The first kappa shape index (κ1) is 11.4. The molecular weight excluding hydrogens is 190 g/mol. The smallest absolute Gasteiger partial charge is 0.0644 e. The highest BCUT2D eigenvalue weighted by atomic mass is 16.5. The van der Waals surface area contributed by atoms with Gasteiger partial charge in [-0.25, -0.2) is 0 Å². The first-order valence-corrected chi connectivity index (χ1v) is 6.19. The largest absolute Gasteiger partial charge is 0.385 e. The molecule has 2 aliphatic rings. The van der Waals surface area contributed by atoms with Crippen molar-refractivity contribution < 1.29 is 9.47 Å². The predicted octanol–water partition coefficient (Wildman–Crippen LogP) is 1.57. The van der Waals surface area contributed by atoms with E-state index in [9.17, 15) is 0 Å². The molecular formula is C12H23NO2. The molecule has 1 saturated heterocycles. The maximum Gasteiger partial charge on any atom is 0.0644 e. The fraction of sp³-hybridized carbons (Fsp3) is 1.00. The normalized spacial score (nSPS) is 34.6. The Kier molecular flexibility index (Phi) is 4.00. The molecule has 0 aromatic carbocycles.